The van der Waals surface area contributed by atoms with Crippen molar-refractivity contribution >= 4 is 57.6 Å². The highest BCUT2D eigenvalue weighted by molar-refractivity contribution is 8.26. The van der Waals surface area contributed by atoms with Crippen molar-refractivity contribution in [3.05, 3.63) is 74.7 Å². The van der Waals surface area contributed by atoms with E-state index in [0.717, 1.165) is 28.8 Å². The summed E-state index contributed by atoms with van der Waals surface area (Å²) in [5.41, 5.74) is -1.22. The maximum absolute atomic E-state index is 13.1. The second kappa shape index (κ2) is 8.86. The van der Waals surface area contributed by atoms with E-state index in [0.29, 0.717) is 5.56 Å². The molecular weight excluding hydrogens is 455 g/mol. The molecule has 1 N–H and O–H groups in total. The fraction of sp³-hybridized carbons (Fsp3) is 0.105. The van der Waals surface area contributed by atoms with Gasteiger partial charge in [-0.2, -0.15) is 13.2 Å². The van der Waals surface area contributed by atoms with Gasteiger partial charge in [-0.3, -0.25) is 24.6 Å². The normalized spacial score (nSPS) is 15.5. The average Bonchev–Trinajstić information content (AvgIpc) is 2.95. The van der Waals surface area contributed by atoms with E-state index in [2.05, 4.69) is 5.32 Å². The number of non-ortho nitro benzene ring substituents is 1. The number of halogens is 3. The highest BCUT2D eigenvalue weighted by Crippen LogP contribution is 2.35. The van der Waals surface area contributed by atoms with Crippen molar-refractivity contribution in [3.63, 3.8) is 0 Å². The largest absolute Gasteiger partial charge is 0.418 e. The zero-order valence-corrected chi connectivity index (χ0v) is 17.0. The lowest BCUT2D eigenvalue weighted by Crippen LogP contribution is -2.36. The van der Waals surface area contributed by atoms with Gasteiger partial charge in [0, 0.05) is 12.1 Å². The Hall–Kier alpha value is -3.25. The highest BCUT2D eigenvalue weighted by Gasteiger charge is 2.35. The quantitative estimate of drug-likeness (QED) is 0.302. The number of hydrogen-bond acceptors (Lipinski definition) is 6. The molecule has 0 radical (unpaired) electrons. The van der Waals surface area contributed by atoms with Crippen LogP contribution in [0.1, 0.15) is 11.1 Å². The van der Waals surface area contributed by atoms with Gasteiger partial charge in [-0.05, 0) is 23.8 Å². The number of nitro benzene ring substituents is 1. The topological polar surface area (TPSA) is 92.5 Å². The summed E-state index contributed by atoms with van der Waals surface area (Å²) in [6, 6.07) is 10.0. The number of carbonyl (C=O) groups excluding carboxylic acids is 2. The van der Waals surface area contributed by atoms with Gasteiger partial charge < -0.3 is 5.32 Å². The molecule has 1 fully saturated rings. The predicted octanol–water partition coefficient (Wildman–Crippen LogP) is 4.45. The van der Waals surface area contributed by atoms with E-state index >= 15 is 0 Å². The van der Waals surface area contributed by atoms with Crippen molar-refractivity contribution in [1.82, 2.24) is 4.90 Å². The minimum absolute atomic E-state index is 0.0425. The van der Waals surface area contributed by atoms with Crippen molar-refractivity contribution in [3.8, 4) is 0 Å². The Bertz CT molecular complexity index is 1120. The number of hydrogen-bond donors (Lipinski definition) is 1. The van der Waals surface area contributed by atoms with E-state index in [1.807, 2.05) is 0 Å². The lowest BCUT2D eigenvalue weighted by atomic mass is 10.1. The van der Waals surface area contributed by atoms with Gasteiger partial charge in [-0.25, -0.2) is 0 Å². The summed E-state index contributed by atoms with van der Waals surface area (Å²) < 4.78 is 39.3. The molecule has 1 heterocycles. The average molecular weight is 467 g/mol. The lowest BCUT2D eigenvalue weighted by molar-refractivity contribution is -0.384. The highest BCUT2D eigenvalue weighted by atomic mass is 32.2. The number of anilines is 1. The summed E-state index contributed by atoms with van der Waals surface area (Å²) in [5, 5.41) is 13.0. The van der Waals surface area contributed by atoms with Crippen molar-refractivity contribution < 1.29 is 27.7 Å². The van der Waals surface area contributed by atoms with E-state index in [1.165, 1.54) is 36.4 Å². The number of thiocarbonyl (C=S) groups is 1. The van der Waals surface area contributed by atoms with Crippen LogP contribution >= 0.6 is 24.0 Å². The molecular formula is C19H12F3N3O4S2. The molecule has 0 atom stereocenters. The molecule has 0 aromatic heterocycles. The number of rotatable bonds is 5. The molecule has 0 unspecified atom stereocenters. The van der Waals surface area contributed by atoms with Crippen molar-refractivity contribution in [2.45, 2.75) is 6.18 Å². The van der Waals surface area contributed by atoms with Gasteiger partial charge >= 0.3 is 6.18 Å². The van der Waals surface area contributed by atoms with Crippen LogP contribution in [-0.2, 0) is 15.8 Å². The molecule has 0 saturated carbocycles. The number of amides is 2. The van der Waals surface area contributed by atoms with Crippen LogP contribution in [0.4, 0.5) is 24.5 Å². The number of alkyl halides is 3. The monoisotopic (exact) mass is 467 g/mol. The van der Waals surface area contributed by atoms with Gasteiger partial charge in [-0.15, -0.1) is 0 Å². The first kappa shape index (κ1) is 22.4. The molecule has 12 heteroatoms. The number of para-hydroxylation sites is 1. The van der Waals surface area contributed by atoms with E-state index in [-0.39, 0.29) is 14.9 Å². The smallest absolute Gasteiger partial charge is 0.324 e. The van der Waals surface area contributed by atoms with Gasteiger partial charge in [0.2, 0.25) is 5.91 Å². The Balaban J connectivity index is 1.74. The number of thioether (sulfide) groups is 1. The maximum atomic E-state index is 13.1. The van der Waals surface area contributed by atoms with Crippen LogP contribution in [0.25, 0.3) is 6.08 Å². The SMILES string of the molecule is O=C(CN1C(=O)/C(=C/c2cccc([N+](=O)[O-])c2)SC1=S)Nc1ccccc1C(F)(F)F. The van der Waals surface area contributed by atoms with Crippen LogP contribution in [-0.4, -0.2) is 32.5 Å². The first-order chi connectivity index (χ1) is 14.6. The number of benzene rings is 2. The summed E-state index contributed by atoms with van der Waals surface area (Å²) in [5.74, 6) is -1.48. The molecule has 1 aliphatic rings. The van der Waals surface area contributed by atoms with Crippen LogP contribution in [0.3, 0.4) is 0 Å². The fourth-order valence-corrected chi connectivity index (χ4v) is 3.94. The van der Waals surface area contributed by atoms with Crippen LogP contribution in [0, 0.1) is 10.1 Å². The van der Waals surface area contributed by atoms with Gasteiger partial charge in [0.1, 0.15) is 10.9 Å². The number of nitrogens with one attached hydrogen (secondary N) is 1. The number of nitro groups is 1. The maximum Gasteiger partial charge on any atom is 0.418 e. The van der Waals surface area contributed by atoms with Gasteiger partial charge in [-0.1, -0.05) is 48.2 Å². The standard InChI is InChI=1S/C19H12F3N3O4S2/c20-19(21,22)13-6-1-2-7-14(13)23-16(26)10-24-17(27)15(31-18(24)30)9-11-4-3-5-12(8-11)25(28)29/h1-9H,10H2,(H,23,26)/b15-9-. The van der Waals surface area contributed by atoms with Crippen molar-refractivity contribution in [2.24, 2.45) is 0 Å². The van der Waals surface area contributed by atoms with Crippen molar-refractivity contribution in [1.29, 1.82) is 0 Å². The van der Waals surface area contributed by atoms with Crippen LogP contribution in [0.5, 0.6) is 0 Å². The third kappa shape index (κ3) is 5.27. The molecule has 31 heavy (non-hydrogen) atoms. The third-order valence-electron chi connectivity index (χ3n) is 4.06. The molecule has 160 valence electrons. The fourth-order valence-electron chi connectivity index (χ4n) is 2.69. The summed E-state index contributed by atoms with van der Waals surface area (Å²) in [6.45, 7) is -0.580. The molecule has 2 aromatic carbocycles. The Morgan fingerprint density at radius 1 is 1.23 bits per heavy atom. The summed E-state index contributed by atoms with van der Waals surface area (Å²) in [7, 11) is 0. The number of nitrogens with zero attached hydrogens (tertiary/aromatic N) is 2. The Morgan fingerprint density at radius 2 is 1.94 bits per heavy atom. The van der Waals surface area contributed by atoms with Crippen LogP contribution < -0.4 is 5.32 Å². The number of carbonyl (C=O) groups is 2. The first-order valence-electron chi connectivity index (χ1n) is 8.52. The lowest BCUT2D eigenvalue weighted by Gasteiger charge is -2.16. The second-order valence-corrected chi connectivity index (χ2v) is 7.89. The Labute approximate surface area is 183 Å². The summed E-state index contributed by atoms with van der Waals surface area (Å²) in [4.78, 5) is 36.3. The van der Waals surface area contributed by atoms with E-state index < -0.39 is 40.7 Å². The first-order valence-corrected chi connectivity index (χ1v) is 9.74. The minimum atomic E-state index is -4.66. The zero-order valence-electron chi connectivity index (χ0n) is 15.4. The molecule has 3 rings (SSSR count). The van der Waals surface area contributed by atoms with Gasteiger partial charge in [0.25, 0.3) is 11.6 Å². The molecule has 0 aliphatic carbocycles. The van der Waals surface area contributed by atoms with Crippen LogP contribution in [0.2, 0.25) is 0 Å². The van der Waals surface area contributed by atoms with E-state index in [1.54, 1.807) is 6.07 Å². The molecule has 7 nitrogen and oxygen atoms in total. The molecule has 0 bridgehead atoms. The van der Waals surface area contributed by atoms with E-state index in [9.17, 15) is 32.9 Å². The minimum Gasteiger partial charge on any atom is -0.324 e. The van der Waals surface area contributed by atoms with Gasteiger partial charge in [0.15, 0.2) is 0 Å². The van der Waals surface area contributed by atoms with Crippen molar-refractivity contribution in [2.75, 3.05) is 11.9 Å². The van der Waals surface area contributed by atoms with E-state index in [4.69, 9.17) is 12.2 Å². The Kier molecular flexibility index (Phi) is 6.41. The Morgan fingerprint density at radius 3 is 2.61 bits per heavy atom. The molecule has 2 aromatic rings. The molecule has 2 amide bonds. The second-order valence-electron chi connectivity index (χ2n) is 6.21. The molecule has 1 saturated heterocycles. The zero-order chi connectivity index (χ0) is 22.8. The summed E-state index contributed by atoms with van der Waals surface area (Å²) in [6.07, 6.45) is -3.27. The molecule has 1 aliphatic heterocycles. The predicted molar refractivity (Wildman–Crippen MR) is 113 cm³/mol. The van der Waals surface area contributed by atoms with Crippen LogP contribution in [0.15, 0.2) is 53.4 Å². The summed E-state index contributed by atoms with van der Waals surface area (Å²) >= 11 is 5.99. The molecule has 0 spiro atoms. The van der Waals surface area contributed by atoms with Gasteiger partial charge in [0.05, 0.1) is 21.1 Å². The third-order valence-corrected chi connectivity index (χ3v) is 5.44.